The van der Waals surface area contributed by atoms with Crippen molar-refractivity contribution in [2.24, 2.45) is 0 Å². The highest BCUT2D eigenvalue weighted by Gasteiger charge is 2.06. The number of pyridine rings is 1. The number of benzene rings is 1. The lowest BCUT2D eigenvalue weighted by atomic mass is 10.1. The fourth-order valence-electron chi connectivity index (χ4n) is 2.14. The lowest BCUT2D eigenvalue weighted by Crippen LogP contribution is -2.28. The van der Waals surface area contributed by atoms with E-state index in [1.54, 1.807) is 6.20 Å². The van der Waals surface area contributed by atoms with Gasteiger partial charge in [-0.1, -0.05) is 12.1 Å². The van der Waals surface area contributed by atoms with E-state index in [-0.39, 0.29) is 0 Å². The van der Waals surface area contributed by atoms with Gasteiger partial charge in [-0.2, -0.15) is 0 Å². The first kappa shape index (κ1) is 16.2. The Balaban J connectivity index is 1.97. The molecule has 2 N–H and O–H groups in total. The standard InChI is InChI=1S/C17H22N4S/c1-12-7-8-15(10-13(12)2)20-17(22)19-11-14-6-5-9-18-16(14)21(3)4/h5-10H,11H2,1-4H3,(H2,19,20,22). The van der Waals surface area contributed by atoms with Crippen LogP contribution in [0.4, 0.5) is 11.5 Å². The van der Waals surface area contributed by atoms with Crippen LogP contribution in [0.1, 0.15) is 16.7 Å². The van der Waals surface area contributed by atoms with Crippen LogP contribution in [0.3, 0.4) is 0 Å². The Morgan fingerprint density at radius 2 is 1.95 bits per heavy atom. The third-order valence-corrected chi connectivity index (χ3v) is 3.74. The van der Waals surface area contributed by atoms with Crippen molar-refractivity contribution in [3.8, 4) is 0 Å². The Hall–Kier alpha value is -2.14. The highest BCUT2D eigenvalue weighted by molar-refractivity contribution is 7.80. The first-order valence-electron chi connectivity index (χ1n) is 7.20. The largest absolute Gasteiger partial charge is 0.362 e. The molecule has 4 nitrogen and oxygen atoms in total. The number of aromatic nitrogens is 1. The highest BCUT2D eigenvalue weighted by Crippen LogP contribution is 2.15. The van der Waals surface area contributed by atoms with Crippen molar-refractivity contribution in [1.29, 1.82) is 0 Å². The van der Waals surface area contributed by atoms with Gasteiger partial charge in [0.2, 0.25) is 0 Å². The zero-order chi connectivity index (χ0) is 16.1. The third kappa shape index (κ3) is 4.18. The highest BCUT2D eigenvalue weighted by atomic mass is 32.1. The Kier molecular flexibility index (Phi) is 5.33. The van der Waals surface area contributed by atoms with E-state index in [0.29, 0.717) is 11.7 Å². The Bertz CT molecular complexity index is 667. The van der Waals surface area contributed by atoms with Crippen LogP contribution in [0.5, 0.6) is 0 Å². The maximum atomic E-state index is 5.36. The fraction of sp³-hybridized carbons (Fsp3) is 0.294. The van der Waals surface area contributed by atoms with Gasteiger partial charge >= 0.3 is 0 Å². The fourth-order valence-corrected chi connectivity index (χ4v) is 2.33. The summed E-state index contributed by atoms with van der Waals surface area (Å²) in [5.74, 6) is 0.948. The van der Waals surface area contributed by atoms with Gasteiger partial charge in [-0.05, 0) is 55.4 Å². The van der Waals surface area contributed by atoms with Crippen molar-refractivity contribution < 1.29 is 0 Å². The van der Waals surface area contributed by atoms with Gasteiger partial charge in [0, 0.05) is 38.1 Å². The van der Waals surface area contributed by atoms with E-state index < -0.39 is 0 Å². The van der Waals surface area contributed by atoms with Gasteiger partial charge in [0.25, 0.3) is 0 Å². The molecule has 0 spiro atoms. The molecule has 0 unspecified atom stereocenters. The molecule has 1 heterocycles. The maximum Gasteiger partial charge on any atom is 0.171 e. The molecule has 0 radical (unpaired) electrons. The summed E-state index contributed by atoms with van der Waals surface area (Å²) in [7, 11) is 3.97. The minimum atomic E-state index is 0.608. The van der Waals surface area contributed by atoms with E-state index >= 15 is 0 Å². The van der Waals surface area contributed by atoms with Gasteiger partial charge in [0.1, 0.15) is 5.82 Å². The monoisotopic (exact) mass is 314 g/mol. The van der Waals surface area contributed by atoms with Crippen molar-refractivity contribution in [2.45, 2.75) is 20.4 Å². The lowest BCUT2D eigenvalue weighted by molar-refractivity contribution is 0.900. The molecule has 116 valence electrons. The number of nitrogens with zero attached hydrogens (tertiary/aromatic N) is 2. The van der Waals surface area contributed by atoms with Crippen molar-refractivity contribution in [3.63, 3.8) is 0 Å². The first-order valence-corrected chi connectivity index (χ1v) is 7.61. The topological polar surface area (TPSA) is 40.2 Å². The summed E-state index contributed by atoms with van der Waals surface area (Å²) in [5, 5.41) is 7.05. The molecular weight excluding hydrogens is 292 g/mol. The molecule has 5 heteroatoms. The zero-order valence-corrected chi connectivity index (χ0v) is 14.3. The first-order chi connectivity index (χ1) is 10.5. The summed E-state index contributed by atoms with van der Waals surface area (Å²) >= 11 is 5.36. The molecule has 0 saturated carbocycles. The molecule has 1 aromatic carbocycles. The van der Waals surface area contributed by atoms with Crippen LogP contribution >= 0.6 is 12.2 Å². The number of anilines is 2. The predicted octanol–water partition coefficient (Wildman–Crippen LogP) is 3.25. The summed E-state index contributed by atoms with van der Waals surface area (Å²) in [6, 6.07) is 10.2. The summed E-state index contributed by atoms with van der Waals surface area (Å²) in [6.07, 6.45) is 1.80. The van der Waals surface area contributed by atoms with Crippen LogP contribution < -0.4 is 15.5 Å². The van der Waals surface area contributed by atoms with Gasteiger partial charge in [-0.25, -0.2) is 4.98 Å². The normalized spacial score (nSPS) is 10.2. The SMILES string of the molecule is Cc1ccc(NC(=S)NCc2cccnc2N(C)C)cc1C. The van der Waals surface area contributed by atoms with Crippen LogP contribution in [-0.2, 0) is 6.54 Å². The maximum absolute atomic E-state index is 5.36. The van der Waals surface area contributed by atoms with Crippen LogP contribution in [0.2, 0.25) is 0 Å². The third-order valence-electron chi connectivity index (χ3n) is 3.50. The van der Waals surface area contributed by atoms with Crippen molar-refractivity contribution in [3.05, 3.63) is 53.2 Å². The molecule has 0 fully saturated rings. The molecule has 2 rings (SSSR count). The molecular formula is C17H22N4S. The van der Waals surface area contributed by atoms with E-state index in [2.05, 4.69) is 41.6 Å². The van der Waals surface area contributed by atoms with Crippen molar-refractivity contribution in [1.82, 2.24) is 10.3 Å². The molecule has 0 aliphatic carbocycles. The second kappa shape index (κ2) is 7.22. The number of thiocarbonyl (C=S) groups is 1. The van der Waals surface area contributed by atoms with Gasteiger partial charge in [0.15, 0.2) is 5.11 Å². The smallest absolute Gasteiger partial charge is 0.171 e. The number of rotatable bonds is 4. The van der Waals surface area contributed by atoms with E-state index in [1.165, 1.54) is 11.1 Å². The second-order valence-electron chi connectivity index (χ2n) is 5.49. The van der Waals surface area contributed by atoms with E-state index in [4.69, 9.17) is 12.2 Å². The van der Waals surface area contributed by atoms with E-state index in [0.717, 1.165) is 17.1 Å². The molecule has 0 atom stereocenters. The summed E-state index contributed by atoms with van der Waals surface area (Å²) < 4.78 is 0. The molecule has 1 aromatic heterocycles. The van der Waals surface area contributed by atoms with Crippen LogP contribution in [0.25, 0.3) is 0 Å². The van der Waals surface area contributed by atoms with Gasteiger partial charge in [-0.3, -0.25) is 0 Å². The zero-order valence-electron chi connectivity index (χ0n) is 13.5. The molecule has 0 amide bonds. The lowest BCUT2D eigenvalue weighted by Gasteiger charge is -2.17. The molecule has 0 bridgehead atoms. The Morgan fingerprint density at radius 3 is 2.64 bits per heavy atom. The number of nitrogens with one attached hydrogen (secondary N) is 2. The summed E-state index contributed by atoms with van der Waals surface area (Å²) in [4.78, 5) is 6.38. The van der Waals surface area contributed by atoms with Crippen LogP contribution in [0, 0.1) is 13.8 Å². The Morgan fingerprint density at radius 1 is 1.18 bits per heavy atom. The summed E-state index contributed by atoms with van der Waals surface area (Å²) in [6.45, 7) is 4.83. The van der Waals surface area contributed by atoms with Gasteiger partial charge in [0.05, 0.1) is 0 Å². The molecule has 0 aliphatic heterocycles. The summed E-state index contributed by atoms with van der Waals surface area (Å²) in [5.41, 5.74) is 4.63. The number of aryl methyl sites for hydroxylation is 2. The van der Waals surface area contributed by atoms with E-state index in [1.807, 2.05) is 37.2 Å². The predicted molar refractivity (Wildman–Crippen MR) is 97.5 cm³/mol. The van der Waals surface area contributed by atoms with Crippen LogP contribution in [0.15, 0.2) is 36.5 Å². The Labute approximate surface area is 137 Å². The molecule has 0 aliphatic rings. The number of hydrogen-bond donors (Lipinski definition) is 2. The molecule has 0 saturated heterocycles. The quantitative estimate of drug-likeness (QED) is 0.848. The molecule has 22 heavy (non-hydrogen) atoms. The van der Waals surface area contributed by atoms with Crippen molar-refractivity contribution >= 4 is 28.8 Å². The van der Waals surface area contributed by atoms with Gasteiger partial charge < -0.3 is 15.5 Å². The molecule has 2 aromatic rings. The second-order valence-corrected chi connectivity index (χ2v) is 5.90. The minimum Gasteiger partial charge on any atom is -0.362 e. The van der Waals surface area contributed by atoms with Gasteiger partial charge in [-0.15, -0.1) is 0 Å². The average molecular weight is 314 g/mol. The minimum absolute atomic E-state index is 0.608. The average Bonchev–Trinajstić information content (AvgIpc) is 2.49. The number of hydrogen-bond acceptors (Lipinski definition) is 3. The van der Waals surface area contributed by atoms with E-state index in [9.17, 15) is 0 Å². The van der Waals surface area contributed by atoms with Crippen LogP contribution in [-0.4, -0.2) is 24.2 Å². The van der Waals surface area contributed by atoms with Crippen molar-refractivity contribution in [2.75, 3.05) is 24.3 Å².